The second-order valence-corrected chi connectivity index (χ2v) is 12.0. The Morgan fingerprint density at radius 1 is 0.629 bits per heavy atom. The molecule has 35 heavy (non-hydrogen) atoms. The number of benzene rings is 4. The van der Waals surface area contributed by atoms with Crippen molar-refractivity contribution in [3.8, 4) is 0 Å². The van der Waals surface area contributed by atoms with Gasteiger partial charge >= 0.3 is 0 Å². The highest BCUT2D eigenvalue weighted by atomic mass is 32.2. The fourth-order valence-electron chi connectivity index (χ4n) is 4.37. The Balaban J connectivity index is 1.65. The van der Waals surface area contributed by atoms with Crippen molar-refractivity contribution in [1.82, 2.24) is 0 Å². The van der Waals surface area contributed by atoms with Gasteiger partial charge in [-0.15, -0.1) is 0 Å². The zero-order chi connectivity index (χ0) is 23.8. The molecule has 3 nitrogen and oxygen atoms in total. The Hall–Kier alpha value is -2.84. The van der Waals surface area contributed by atoms with E-state index in [0.717, 1.165) is 5.56 Å². The summed E-state index contributed by atoms with van der Waals surface area (Å²) in [5.41, 5.74) is 1.71. The normalized spacial score (nSPS) is 15.3. The van der Waals surface area contributed by atoms with Crippen molar-refractivity contribution in [2.24, 2.45) is 0 Å². The topological polar surface area (TPSA) is 43.1 Å². The quantitative estimate of drug-likeness (QED) is 0.116. The fourth-order valence-corrected chi connectivity index (χ4v) is 8.22. The van der Waals surface area contributed by atoms with E-state index in [9.17, 15) is 10.1 Å². The molecule has 0 N–H and O–H groups in total. The Bertz CT molecular complexity index is 1720. The number of hydrogen-bond donors (Lipinski definition) is 0. The van der Waals surface area contributed by atoms with Gasteiger partial charge in [0.05, 0.1) is 19.0 Å². The minimum absolute atomic E-state index is 0.109. The van der Waals surface area contributed by atoms with Gasteiger partial charge in [0.25, 0.3) is 5.69 Å². The molecule has 2 aliphatic rings. The van der Waals surface area contributed by atoms with Gasteiger partial charge in [-0.2, -0.15) is 0 Å². The molecular weight excluding hydrogens is 511 g/mol. The Morgan fingerprint density at radius 3 is 1.80 bits per heavy atom. The van der Waals surface area contributed by atoms with Gasteiger partial charge in [-0.05, 0) is 66.9 Å². The molecule has 0 saturated carbocycles. The lowest BCUT2D eigenvalue weighted by molar-refractivity contribution is -0.385. The number of hydrogen-bond acceptors (Lipinski definition) is 6. The minimum atomic E-state index is -0.336. The van der Waals surface area contributed by atoms with Crippen LogP contribution in [-0.4, -0.2) is 4.92 Å². The van der Waals surface area contributed by atoms with Gasteiger partial charge in [0, 0.05) is 16.5 Å². The van der Waals surface area contributed by atoms with Crippen molar-refractivity contribution in [2.45, 2.75) is 0 Å². The molecule has 0 atom stereocenters. The number of para-hydroxylation sites is 1. The molecule has 2 heterocycles. The summed E-state index contributed by atoms with van der Waals surface area (Å²) in [4.78, 5) is 11.1. The van der Waals surface area contributed by atoms with Crippen LogP contribution in [0.15, 0.2) is 88.4 Å². The molecule has 4 aromatic rings. The van der Waals surface area contributed by atoms with E-state index in [1.54, 1.807) is 59.2 Å². The van der Waals surface area contributed by atoms with Crippen LogP contribution >= 0.6 is 47.0 Å². The average Bonchev–Trinajstić information content (AvgIpc) is 3.61. The lowest BCUT2D eigenvalue weighted by atomic mass is 9.97. The molecule has 0 unspecified atom stereocenters. The largest absolute Gasteiger partial charge is 0.276 e. The first kappa shape index (κ1) is 22.6. The Kier molecular flexibility index (Phi) is 6.24. The first-order valence-electron chi connectivity index (χ1n) is 10.8. The summed E-state index contributed by atoms with van der Waals surface area (Å²) in [6.07, 6.45) is 3.79. The standard InChI is InChI=1S/C28H17NO2S4/c30-29(31)24-8-4-1-5-19(24)11-9-18-10-12-22-23(17-18)26(28-34-15-16-35-28)21-7-3-2-6-20(21)25(22)27-32-13-14-33-27/h1-17H/b11-9+. The first-order valence-corrected chi connectivity index (χ1v) is 14.3. The molecular formula is C28H17NO2S4. The summed E-state index contributed by atoms with van der Waals surface area (Å²) < 4.78 is 2.56. The Morgan fingerprint density at radius 2 is 1.17 bits per heavy atom. The fraction of sp³-hybridized carbons (Fsp3) is 0. The van der Waals surface area contributed by atoms with E-state index in [-0.39, 0.29) is 10.6 Å². The second-order valence-electron chi connectivity index (χ2n) is 7.84. The van der Waals surface area contributed by atoms with Crippen molar-refractivity contribution in [1.29, 1.82) is 0 Å². The lowest BCUT2D eigenvalue weighted by Gasteiger charge is -2.12. The predicted octanol–water partition coefficient (Wildman–Crippen LogP) is 8.11. The van der Waals surface area contributed by atoms with E-state index in [1.165, 1.54) is 46.5 Å². The van der Waals surface area contributed by atoms with Crippen LogP contribution in [0.4, 0.5) is 5.69 Å². The minimum Gasteiger partial charge on any atom is -0.258 e. The number of nitro benzene ring substituents is 1. The third-order valence-electron chi connectivity index (χ3n) is 5.86. The lowest BCUT2D eigenvalue weighted by Crippen LogP contribution is -2.17. The molecule has 0 spiro atoms. The number of nitro groups is 1. The Labute approximate surface area is 218 Å². The summed E-state index contributed by atoms with van der Waals surface area (Å²) in [6, 6.07) is 22.0. The molecule has 0 amide bonds. The van der Waals surface area contributed by atoms with Crippen LogP contribution in [0.2, 0.25) is 0 Å². The molecule has 4 aromatic carbocycles. The highest BCUT2D eigenvalue weighted by Gasteiger charge is 2.16. The van der Waals surface area contributed by atoms with E-state index < -0.39 is 0 Å². The summed E-state index contributed by atoms with van der Waals surface area (Å²) in [6.45, 7) is 0. The zero-order valence-electron chi connectivity index (χ0n) is 18.2. The van der Waals surface area contributed by atoms with Gasteiger partial charge in [0.2, 0.25) is 0 Å². The van der Waals surface area contributed by atoms with Crippen molar-refractivity contribution < 1.29 is 4.92 Å². The van der Waals surface area contributed by atoms with Gasteiger partial charge in [-0.25, -0.2) is 0 Å². The smallest absolute Gasteiger partial charge is 0.258 e. The molecule has 2 aliphatic heterocycles. The van der Waals surface area contributed by atoms with Crippen LogP contribution < -0.4 is 10.4 Å². The molecule has 170 valence electrons. The maximum atomic E-state index is 11.4. The summed E-state index contributed by atoms with van der Waals surface area (Å²) in [5.74, 6) is 0. The van der Waals surface area contributed by atoms with Crippen molar-refractivity contribution in [2.75, 3.05) is 0 Å². The van der Waals surface area contributed by atoms with Crippen molar-refractivity contribution in [3.05, 3.63) is 120 Å². The summed E-state index contributed by atoms with van der Waals surface area (Å²) in [5, 5.41) is 27.4. The van der Waals surface area contributed by atoms with E-state index in [0.29, 0.717) is 5.56 Å². The summed E-state index contributed by atoms with van der Waals surface area (Å²) in [7, 11) is 0. The SMILES string of the molecule is O=[N+]([O-])c1ccccc1/C=C/c1ccc2c(=C3SC=CS3)c3ccccc3c(=C3SC=CS3)c2c1. The number of rotatable bonds is 3. The van der Waals surface area contributed by atoms with E-state index in [4.69, 9.17) is 0 Å². The molecule has 7 heteroatoms. The number of fused-ring (bicyclic) bond motifs is 2. The molecule has 0 radical (unpaired) electrons. The van der Waals surface area contributed by atoms with Gasteiger partial charge in [0.15, 0.2) is 0 Å². The predicted molar refractivity (Wildman–Crippen MR) is 158 cm³/mol. The zero-order valence-corrected chi connectivity index (χ0v) is 21.5. The van der Waals surface area contributed by atoms with Crippen LogP contribution in [0, 0.1) is 10.1 Å². The molecule has 0 saturated heterocycles. The monoisotopic (exact) mass is 527 g/mol. The molecule has 0 fully saturated rings. The molecule has 0 aromatic heterocycles. The average molecular weight is 528 g/mol. The molecule has 6 rings (SSSR count). The maximum absolute atomic E-state index is 11.4. The molecule has 0 aliphatic carbocycles. The van der Waals surface area contributed by atoms with E-state index in [2.05, 4.69) is 64.1 Å². The third kappa shape index (κ3) is 4.23. The van der Waals surface area contributed by atoms with Crippen LogP contribution in [-0.2, 0) is 0 Å². The van der Waals surface area contributed by atoms with Crippen molar-refractivity contribution in [3.63, 3.8) is 0 Å². The van der Waals surface area contributed by atoms with Gasteiger partial charge < -0.3 is 0 Å². The van der Waals surface area contributed by atoms with Gasteiger partial charge in [-0.1, -0.05) is 102 Å². The van der Waals surface area contributed by atoms with Gasteiger partial charge in [0.1, 0.15) is 0 Å². The van der Waals surface area contributed by atoms with E-state index in [1.807, 2.05) is 18.2 Å². The van der Waals surface area contributed by atoms with Gasteiger partial charge in [-0.3, -0.25) is 10.1 Å². The summed E-state index contributed by atoms with van der Waals surface area (Å²) >= 11 is 7.06. The first-order chi connectivity index (χ1) is 17.2. The van der Waals surface area contributed by atoms with Crippen LogP contribution in [0.3, 0.4) is 0 Å². The highest BCUT2D eigenvalue weighted by molar-refractivity contribution is 8.35. The van der Waals surface area contributed by atoms with Crippen molar-refractivity contribution >= 4 is 94.9 Å². The molecule has 0 bridgehead atoms. The number of nitrogens with zero attached hydrogens (tertiary/aromatic N) is 1. The van der Waals surface area contributed by atoms with Crippen LogP contribution in [0.25, 0.3) is 42.2 Å². The van der Waals surface area contributed by atoms with E-state index >= 15 is 0 Å². The van der Waals surface area contributed by atoms with Crippen LogP contribution in [0.5, 0.6) is 0 Å². The second kappa shape index (κ2) is 9.66. The van der Waals surface area contributed by atoms with Crippen LogP contribution in [0.1, 0.15) is 11.1 Å². The third-order valence-corrected chi connectivity index (χ3v) is 10.1. The maximum Gasteiger partial charge on any atom is 0.276 e. The number of thioether (sulfide) groups is 4. The highest BCUT2D eigenvalue weighted by Crippen LogP contribution is 2.41.